The second-order valence-corrected chi connectivity index (χ2v) is 7.55. The van der Waals surface area contributed by atoms with E-state index < -0.39 is 0 Å². The van der Waals surface area contributed by atoms with Gasteiger partial charge in [-0.15, -0.1) is 0 Å². The van der Waals surface area contributed by atoms with Crippen molar-refractivity contribution in [3.63, 3.8) is 0 Å². The van der Waals surface area contributed by atoms with Crippen molar-refractivity contribution in [3.05, 3.63) is 0 Å². The average Bonchev–Trinajstić information content (AvgIpc) is 2.30. The Bertz CT molecular complexity index is 270. The van der Waals surface area contributed by atoms with Crippen molar-refractivity contribution in [2.45, 2.75) is 57.4 Å². The Balaban J connectivity index is 1.57. The van der Waals surface area contributed by atoms with E-state index >= 15 is 0 Å². The molecule has 0 aromatic carbocycles. The number of hydrogen-bond acceptors (Lipinski definition) is 1. The molecule has 4 aliphatic carbocycles. The van der Waals surface area contributed by atoms with Crippen LogP contribution >= 0.6 is 0 Å². The number of piperidine rings is 1. The highest BCUT2D eigenvalue weighted by Gasteiger charge is 2.51. The molecule has 17 heavy (non-hydrogen) atoms. The maximum absolute atomic E-state index is 2.72. The van der Waals surface area contributed by atoms with Gasteiger partial charge >= 0.3 is 0 Å². The van der Waals surface area contributed by atoms with E-state index in [-0.39, 0.29) is 0 Å². The van der Waals surface area contributed by atoms with Crippen molar-refractivity contribution < 1.29 is 0 Å². The van der Waals surface area contributed by atoms with Crippen molar-refractivity contribution in [1.82, 2.24) is 4.90 Å². The van der Waals surface area contributed by atoms with Crippen LogP contribution in [0.1, 0.15) is 51.4 Å². The van der Waals surface area contributed by atoms with Crippen LogP contribution in [0.3, 0.4) is 0 Å². The lowest BCUT2D eigenvalue weighted by Crippen LogP contribution is -2.54. The quantitative estimate of drug-likeness (QED) is 0.669. The van der Waals surface area contributed by atoms with E-state index in [2.05, 4.69) is 11.9 Å². The Kier molecular flexibility index (Phi) is 2.54. The van der Waals surface area contributed by atoms with Gasteiger partial charge in [0.15, 0.2) is 0 Å². The van der Waals surface area contributed by atoms with Gasteiger partial charge in [0.05, 0.1) is 0 Å². The molecule has 5 rings (SSSR count). The molecular formula is C16H27N. The summed E-state index contributed by atoms with van der Waals surface area (Å²) in [5, 5.41) is 0. The summed E-state index contributed by atoms with van der Waals surface area (Å²) in [6.07, 6.45) is 12.4. The van der Waals surface area contributed by atoms with Gasteiger partial charge in [0.1, 0.15) is 0 Å². The van der Waals surface area contributed by atoms with Crippen LogP contribution in [-0.4, -0.2) is 24.5 Å². The van der Waals surface area contributed by atoms with Gasteiger partial charge in [-0.2, -0.15) is 0 Å². The van der Waals surface area contributed by atoms with E-state index in [0.717, 1.165) is 35.6 Å². The monoisotopic (exact) mass is 233 g/mol. The van der Waals surface area contributed by atoms with Gasteiger partial charge in [0.25, 0.3) is 0 Å². The first-order valence-electron chi connectivity index (χ1n) is 8.01. The van der Waals surface area contributed by atoms with Crippen LogP contribution in [0.4, 0.5) is 0 Å². The third-order valence-electron chi connectivity index (χ3n) is 6.57. The second-order valence-electron chi connectivity index (χ2n) is 7.55. The van der Waals surface area contributed by atoms with Gasteiger partial charge in [-0.1, -0.05) is 6.42 Å². The molecule has 0 radical (unpaired) electrons. The molecule has 0 unspecified atom stereocenters. The minimum absolute atomic E-state index is 0.957. The topological polar surface area (TPSA) is 3.24 Å². The summed E-state index contributed by atoms with van der Waals surface area (Å²) in [6, 6.07) is 0.957. The normalized spacial score (nSPS) is 54.2. The molecule has 0 spiro atoms. The van der Waals surface area contributed by atoms with Crippen LogP contribution in [0.15, 0.2) is 0 Å². The van der Waals surface area contributed by atoms with Gasteiger partial charge in [0, 0.05) is 6.04 Å². The molecule has 0 aromatic rings. The number of nitrogens with zero attached hydrogens (tertiary/aromatic N) is 1. The molecule has 1 atom stereocenters. The molecule has 1 saturated heterocycles. The highest BCUT2D eigenvalue weighted by molar-refractivity contribution is 5.02. The van der Waals surface area contributed by atoms with Crippen LogP contribution in [0, 0.1) is 29.6 Å². The number of rotatable bonds is 1. The van der Waals surface area contributed by atoms with E-state index in [1.54, 1.807) is 32.1 Å². The predicted octanol–water partition coefficient (Wildman–Crippen LogP) is 3.54. The zero-order chi connectivity index (χ0) is 11.4. The number of likely N-dealkylation sites (tertiary alicyclic amines) is 1. The Morgan fingerprint density at radius 3 is 2.06 bits per heavy atom. The first-order valence-corrected chi connectivity index (χ1v) is 8.01. The number of hydrogen-bond donors (Lipinski definition) is 0. The van der Waals surface area contributed by atoms with Crippen molar-refractivity contribution in [2.24, 2.45) is 29.6 Å². The van der Waals surface area contributed by atoms with E-state index in [1.165, 1.54) is 25.8 Å². The van der Waals surface area contributed by atoms with Crippen molar-refractivity contribution >= 4 is 0 Å². The Morgan fingerprint density at radius 2 is 1.47 bits per heavy atom. The lowest BCUT2D eigenvalue weighted by molar-refractivity contribution is -0.0772. The van der Waals surface area contributed by atoms with Crippen LogP contribution in [0.25, 0.3) is 0 Å². The van der Waals surface area contributed by atoms with Crippen LogP contribution in [-0.2, 0) is 0 Å². The fourth-order valence-corrected chi connectivity index (χ4v) is 6.18. The summed E-state index contributed by atoms with van der Waals surface area (Å²) in [5.41, 5.74) is 0. The van der Waals surface area contributed by atoms with Crippen LogP contribution in [0.5, 0.6) is 0 Å². The third kappa shape index (κ3) is 1.69. The lowest BCUT2D eigenvalue weighted by atomic mass is 9.50. The van der Waals surface area contributed by atoms with Gasteiger partial charge in [-0.05, 0) is 88.1 Å². The van der Waals surface area contributed by atoms with E-state index in [4.69, 9.17) is 0 Å². The van der Waals surface area contributed by atoms with E-state index in [1.807, 2.05) is 0 Å². The van der Waals surface area contributed by atoms with Crippen molar-refractivity contribution in [3.8, 4) is 0 Å². The summed E-state index contributed by atoms with van der Waals surface area (Å²) in [6.45, 7) is 1.37. The maximum Gasteiger partial charge on any atom is 0.0126 e. The second kappa shape index (κ2) is 3.98. The first kappa shape index (κ1) is 10.8. The maximum atomic E-state index is 2.72. The average molecular weight is 233 g/mol. The molecule has 4 saturated carbocycles. The predicted molar refractivity (Wildman–Crippen MR) is 70.8 cm³/mol. The van der Waals surface area contributed by atoms with Crippen LogP contribution < -0.4 is 0 Å². The van der Waals surface area contributed by atoms with E-state index in [9.17, 15) is 0 Å². The minimum Gasteiger partial charge on any atom is -0.303 e. The Labute approximate surface area is 106 Å². The highest BCUT2D eigenvalue weighted by Crippen LogP contribution is 2.58. The zero-order valence-electron chi connectivity index (χ0n) is 11.3. The largest absolute Gasteiger partial charge is 0.303 e. The summed E-state index contributed by atoms with van der Waals surface area (Å²) in [7, 11) is 2.40. The van der Waals surface area contributed by atoms with Crippen molar-refractivity contribution in [2.75, 3.05) is 13.6 Å². The fraction of sp³-hybridized carbons (Fsp3) is 1.00. The highest BCUT2D eigenvalue weighted by atomic mass is 15.1. The standard InChI is InChI=1S/C16H27N/c1-17-5-3-2-4-15(17)16-13-7-11-6-12(9-13)10-14(16)8-11/h11-16H,2-10H2,1H3/t11?,12?,13?,14?,15-,16?/m1/s1. The lowest BCUT2D eigenvalue weighted by Gasteiger charge is -2.58. The molecule has 1 aliphatic heterocycles. The molecule has 0 aromatic heterocycles. The minimum atomic E-state index is 0.957. The summed E-state index contributed by atoms with van der Waals surface area (Å²) in [4.78, 5) is 2.72. The van der Waals surface area contributed by atoms with Crippen LogP contribution in [0.2, 0.25) is 0 Å². The SMILES string of the molecule is CN1CCCC[C@@H]1C1C2CC3CC(C2)CC1C3. The summed E-state index contributed by atoms with van der Waals surface area (Å²) >= 11 is 0. The smallest absolute Gasteiger partial charge is 0.0126 e. The fourth-order valence-electron chi connectivity index (χ4n) is 6.18. The zero-order valence-corrected chi connectivity index (χ0v) is 11.3. The Morgan fingerprint density at radius 1 is 0.824 bits per heavy atom. The molecular weight excluding hydrogens is 206 g/mol. The molecule has 5 fully saturated rings. The summed E-state index contributed by atoms with van der Waals surface area (Å²) < 4.78 is 0. The van der Waals surface area contributed by atoms with Gasteiger partial charge in [0.2, 0.25) is 0 Å². The molecule has 4 bridgehead atoms. The Hall–Kier alpha value is -0.0400. The van der Waals surface area contributed by atoms with Crippen molar-refractivity contribution in [1.29, 1.82) is 0 Å². The summed E-state index contributed by atoms with van der Waals surface area (Å²) in [5.74, 6) is 5.62. The van der Waals surface area contributed by atoms with Gasteiger partial charge in [-0.3, -0.25) is 0 Å². The third-order valence-corrected chi connectivity index (χ3v) is 6.57. The molecule has 1 heterocycles. The molecule has 0 N–H and O–H groups in total. The molecule has 1 heteroatoms. The first-order chi connectivity index (χ1) is 8.31. The molecule has 96 valence electrons. The molecule has 5 aliphatic rings. The molecule has 1 nitrogen and oxygen atoms in total. The van der Waals surface area contributed by atoms with Gasteiger partial charge in [-0.25, -0.2) is 0 Å². The molecule has 0 amide bonds. The van der Waals surface area contributed by atoms with Gasteiger partial charge < -0.3 is 4.90 Å². The van der Waals surface area contributed by atoms with E-state index in [0.29, 0.717) is 0 Å².